The van der Waals surface area contributed by atoms with Crippen LogP contribution in [0.5, 0.6) is 0 Å². The van der Waals surface area contributed by atoms with Crippen LogP contribution in [-0.2, 0) is 9.47 Å². The molecule has 0 aromatic carbocycles. The molecule has 2 unspecified atom stereocenters. The molecule has 0 spiro atoms. The molecule has 2 aliphatic rings. The van der Waals surface area contributed by atoms with Crippen molar-refractivity contribution >= 4 is 0 Å². The molecule has 1 aliphatic carbocycles. The summed E-state index contributed by atoms with van der Waals surface area (Å²) >= 11 is 0. The molecule has 146 valence electrons. The first-order chi connectivity index (χ1) is 11.5. The maximum Gasteiger partial charge on any atom is 0.101 e. The van der Waals surface area contributed by atoms with E-state index in [1.165, 1.54) is 24.8 Å². The summed E-state index contributed by atoms with van der Waals surface area (Å²) in [6.07, 6.45) is 10.7. The largest absolute Gasteiger partial charge is 1.00 e. The molecule has 2 atom stereocenters. The van der Waals surface area contributed by atoms with Gasteiger partial charge in [-0.3, -0.25) is 0 Å². The van der Waals surface area contributed by atoms with Crippen molar-refractivity contribution in [1.29, 1.82) is 0 Å². The van der Waals surface area contributed by atoms with Crippen molar-refractivity contribution in [2.24, 2.45) is 5.92 Å². The van der Waals surface area contributed by atoms with Gasteiger partial charge >= 0.3 is 0 Å². The highest BCUT2D eigenvalue weighted by molar-refractivity contribution is 5.06. The third kappa shape index (κ3) is 7.82. The van der Waals surface area contributed by atoms with Crippen LogP contribution in [-0.4, -0.2) is 45.1 Å². The number of quaternary nitrogens is 1. The Hall–Kier alpha value is -0.350. The van der Waals surface area contributed by atoms with Crippen molar-refractivity contribution in [2.45, 2.75) is 65.4 Å². The van der Waals surface area contributed by atoms with Crippen LogP contribution in [0.15, 0.2) is 23.3 Å². The van der Waals surface area contributed by atoms with Gasteiger partial charge in [-0.2, -0.15) is 0 Å². The number of hydrogen-bond acceptors (Lipinski definition) is 2. The third-order valence-electron chi connectivity index (χ3n) is 5.78. The highest BCUT2D eigenvalue weighted by atomic mass is 35.5. The zero-order valence-corrected chi connectivity index (χ0v) is 17.5. The Labute approximate surface area is 161 Å². The van der Waals surface area contributed by atoms with Crippen LogP contribution in [0.2, 0.25) is 0 Å². The number of morpholine rings is 1. The molecule has 0 saturated carbocycles. The lowest BCUT2D eigenvalue weighted by Gasteiger charge is -2.39. The van der Waals surface area contributed by atoms with Gasteiger partial charge in [0.25, 0.3) is 0 Å². The molecule has 1 saturated heterocycles. The summed E-state index contributed by atoms with van der Waals surface area (Å²) in [5, 5.41) is 0. The normalized spacial score (nSPS) is 24.0. The molecule has 4 heteroatoms. The fourth-order valence-corrected chi connectivity index (χ4v) is 3.90. The Morgan fingerprint density at radius 2 is 2.08 bits per heavy atom. The van der Waals surface area contributed by atoms with Crippen molar-refractivity contribution in [3.05, 3.63) is 23.3 Å². The summed E-state index contributed by atoms with van der Waals surface area (Å²) in [5.41, 5.74) is 2.97. The lowest BCUT2D eigenvalue weighted by Crippen LogP contribution is -3.14. The van der Waals surface area contributed by atoms with E-state index in [2.05, 4.69) is 39.8 Å². The Kier molecular flexibility index (Phi) is 10.3. The molecule has 1 fully saturated rings. The minimum atomic E-state index is 0. The minimum Gasteiger partial charge on any atom is -1.00 e. The molecular weight excluding hydrogens is 334 g/mol. The molecule has 0 aromatic heterocycles. The number of allylic oxidation sites excluding steroid dienone is 4. The first-order valence-electron chi connectivity index (χ1n) is 9.84. The van der Waals surface area contributed by atoms with Crippen molar-refractivity contribution in [3.8, 4) is 0 Å². The maximum absolute atomic E-state index is 6.57. The molecular formula is C21H38ClNO2. The van der Waals surface area contributed by atoms with E-state index in [1.54, 1.807) is 10.5 Å². The van der Waals surface area contributed by atoms with Crippen molar-refractivity contribution < 1.29 is 26.8 Å². The average molecular weight is 372 g/mol. The van der Waals surface area contributed by atoms with E-state index >= 15 is 0 Å². The summed E-state index contributed by atoms with van der Waals surface area (Å²) in [4.78, 5) is 1.63. The molecule has 1 aliphatic heterocycles. The second-order valence-corrected chi connectivity index (χ2v) is 8.12. The standard InChI is InChI=1S/C21H37NO2.ClH/c1-18(2)6-5-11-21(4,20-9-7-19(3)8-10-20)24-17-14-22-12-15-23-16-13-22;/h6-7,20H,5,8-17H2,1-4H3;1H. The van der Waals surface area contributed by atoms with Crippen LogP contribution in [0.4, 0.5) is 0 Å². The summed E-state index contributed by atoms with van der Waals surface area (Å²) < 4.78 is 12.0. The van der Waals surface area contributed by atoms with Crippen LogP contribution < -0.4 is 17.3 Å². The summed E-state index contributed by atoms with van der Waals surface area (Å²) in [6.45, 7) is 15.0. The van der Waals surface area contributed by atoms with Crippen LogP contribution in [0, 0.1) is 5.92 Å². The Morgan fingerprint density at radius 3 is 2.68 bits per heavy atom. The van der Waals surface area contributed by atoms with E-state index in [0.29, 0.717) is 5.92 Å². The van der Waals surface area contributed by atoms with E-state index in [-0.39, 0.29) is 18.0 Å². The van der Waals surface area contributed by atoms with Crippen LogP contribution in [0.3, 0.4) is 0 Å². The molecule has 25 heavy (non-hydrogen) atoms. The van der Waals surface area contributed by atoms with E-state index in [0.717, 1.165) is 52.3 Å². The fourth-order valence-electron chi connectivity index (χ4n) is 3.90. The lowest BCUT2D eigenvalue weighted by atomic mass is 9.76. The molecule has 2 rings (SSSR count). The number of halogens is 1. The van der Waals surface area contributed by atoms with Gasteiger partial charge in [-0.1, -0.05) is 23.3 Å². The Bertz CT molecular complexity index is 439. The second-order valence-electron chi connectivity index (χ2n) is 8.12. The summed E-state index contributed by atoms with van der Waals surface area (Å²) in [6, 6.07) is 0. The zero-order valence-electron chi connectivity index (χ0n) is 16.7. The monoisotopic (exact) mass is 371 g/mol. The van der Waals surface area contributed by atoms with Crippen LogP contribution >= 0.6 is 0 Å². The SMILES string of the molecule is CC(C)=CCCC(C)(OCC[NH+]1CCOCC1)C1CC=C(C)CC1.[Cl-]. The van der Waals surface area contributed by atoms with Gasteiger partial charge < -0.3 is 26.8 Å². The van der Waals surface area contributed by atoms with Crippen molar-refractivity contribution in [2.75, 3.05) is 39.5 Å². The summed E-state index contributed by atoms with van der Waals surface area (Å²) in [7, 11) is 0. The smallest absolute Gasteiger partial charge is 0.101 e. The quantitative estimate of drug-likeness (QED) is 0.615. The number of hydrogen-bond donors (Lipinski definition) is 1. The van der Waals surface area contributed by atoms with Gasteiger partial charge in [-0.25, -0.2) is 0 Å². The predicted molar refractivity (Wildman–Crippen MR) is 101 cm³/mol. The van der Waals surface area contributed by atoms with Crippen LogP contribution in [0.25, 0.3) is 0 Å². The lowest BCUT2D eigenvalue weighted by molar-refractivity contribution is -0.908. The third-order valence-corrected chi connectivity index (χ3v) is 5.78. The minimum absolute atomic E-state index is 0. The molecule has 0 amide bonds. The van der Waals surface area contributed by atoms with Gasteiger partial charge in [0.2, 0.25) is 0 Å². The Morgan fingerprint density at radius 1 is 1.36 bits per heavy atom. The number of rotatable bonds is 8. The number of ether oxygens (including phenoxy) is 2. The van der Waals surface area contributed by atoms with E-state index in [1.807, 2.05) is 0 Å². The molecule has 3 nitrogen and oxygen atoms in total. The molecule has 0 radical (unpaired) electrons. The Balaban J connectivity index is 0.00000312. The average Bonchev–Trinajstić information content (AvgIpc) is 2.56. The van der Waals surface area contributed by atoms with Gasteiger partial charge in [0.15, 0.2) is 0 Å². The van der Waals surface area contributed by atoms with Gasteiger partial charge in [0.05, 0.1) is 25.4 Å². The van der Waals surface area contributed by atoms with E-state index < -0.39 is 0 Å². The first-order valence-corrected chi connectivity index (χ1v) is 9.84. The predicted octanol–water partition coefficient (Wildman–Crippen LogP) is 0.174. The summed E-state index contributed by atoms with van der Waals surface area (Å²) in [5.74, 6) is 0.659. The van der Waals surface area contributed by atoms with Crippen molar-refractivity contribution in [3.63, 3.8) is 0 Å². The van der Waals surface area contributed by atoms with Gasteiger partial charge in [0, 0.05) is 0 Å². The molecule has 0 aromatic rings. The topological polar surface area (TPSA) is 22.9 Å². The van der Waals surface area contributed by atoms with E-state index in [4.69, 9.17) is 9.47 Å². The van der Waals surface area contributed by atoms with Gasteiger partial charge in [-0.15, -0.1) is 0 Å². The second kappa shape index (κ2) is 11.4. The maximum atomic E-state index is 6.57. The van der Waals surface area contributed by atoms with Gasteiger partial charge in [-0.05, 0) is 65.7 Å². The molecule has 1 N–H and O–H groups in total. The number of nitrogens with one attached hydrogen (secondary N) is 1. The highest BCUT2D eigenvalue weighted by Gasteiger charge is 2.35. The highest BCUT2D eigenvalue weighted by Crippen LogP contribution is 2.37. The molecule has 0 bridgehead atoms. The van der Waals surface area contributed by atoms with Gasteiger partial charge in [0.1, 0.15) is 19.6 Å². The van der Waals surface area contributed by atoms with Crippen molar-refractivity contribution in [1.82, 2.24) is 0 Å². The fraction of sp³-hybridized carbons (Fsp3) is 0.810. The molecule has 1 heterocycles. The van der Waals surface area contributed by atoms with Crippen LogP contribution in [0.1, 0.15) is 59.8 Å². The zero-order chi connectivity index (χ0) is 17.4. The van der Waals surface area contributed by atoms with E-state index in [9.17, 15) is 0 Å². The first kappa shape index (κ1) is 22.7.